The van der Waals surface area contributed by atoms with Gasteiger partial charge in [0.1, 0.15) is 11.6 Å². The number of hydrogen-bond donors (Lipinski definition) is 1. The van der Waals surface area contributed by atoms with Gasteiger partial charge in [-0.2, -0.15) is 0 Å². The molecule has 8 nitrogen and oxygen atoms in total. The zero-order valence-electron chi connectivity index (χ0n) is 14.8. The first-order valence-electron chi connectivity index (χ1n) is 8.58. The molecule has 2 aromatic heterocycles. The molecule has 25 heavy (non-hydrogen) atoms. The SMILES string of the molecule is CCN(CC)C(=O)[C@@H]1C[C@@H](N)CN1C(=O)c1cnc2c(c1)ncn2C. The molecular formula is C17H24N6O2. The lowest BCUT2D eigenvalue weighted by molar-refractivity contribution is -0.134. The minimum atomic E-state index is -0.512. The Hall–Kier alpha value is -2.48. The van der Waals surface area contributed by atoms with Gasteiger partial charge in [0, 0.05) is 38.9 Å². The summed E-state index contributed by atoms with van der Waals surface area (Å²) in [5.41, 5.74) is 7.85. The van der Waals surface area contributed by atoms with Crippen molar-refractivity contribution in [2.24, 2.45) is 12.8 Å². The molecule has 134 valence electrons. The minimum absolute atomic E-state index is 0.0434. The van der Waals surface area contributed by atoms with Gasteiger partial charge in [-0.3, -0.25) is 9.59 Å². The van der Waals surface area contributed by atoms with Crippen LogP contribution in [-0.4, -0.2) is 67.9 Å². The van der Waals surface area contributed by atoms with Crippen LogP contribution in [0.15, 0.2) is 18.6 Å². The highest BCUT2D eigenvalue weighted by atomic mass is 16.2. The van der Waals surface area contributed by atoms with Crippen LogP contribution in [0.25, 0.3) is 11.2 Å². The molecule has 0 saturated carbocycles. The number of fused-ring (bicyclic) bond motifs is 1. The number of hydrogen-bond acceptors (Lipinski definition) is 5. The van der Waals surface area contributed by atoms with Gasteiger partial charge in [0.15, 0.2) is 5.65 Å². The largest absolute Gasteiger partial charge is 0.341 e. The Morgan fingerprint density at radius 3 is 2.72 bits per heavy atom. The number of rotatable bonds is 4. The van der Waals surface area contributed by atoms with Gasteiger partial charge in [-0.1, -0.05) is 0 Å². The number of amides is 2. The molecule has 2 N–H and O–H groups in total. The summed E-state index contributed by atoms with van der Waals surface area (Å²) in [5.74, 6) is -0.267. The van der Waals surface area contributed by atoms with Crippen LogP contribution in [0.5, 0.6) is 0 Å². The van der Waals surface area contributed by atoms with Gasteiger partial charge in [-0.25, -0.2) is 9.97 Å². The van der Waals surface area contributed by atoms with Crippen molar-refractivity contribution < 1.29 is 9.59 Å². The number of aromatic nitrogens is 3. The fourth-order valence-corrected chi connectivity index (χ4v) is 3.37. The molecule has 2 aromatic rings. The van der Waals surface area contributed by atoms with Crippen molar-refractivity contribution in [2.45, 2.75) is 32.4 Å². The lowest BCUT2D eigenvalue weighted by atomic mass is 10.1. The molecule has 8 heteroatoms. The quantitative estimate of drug-likeness (QED) is 0.865. The maximum atomic E-state index is 13.0. The maximum Gasteiger partial charge on any atom is 0.256 e. The first-order valence-corrected chi connectivity index (χ1v) is 8.58. The Morgan fingerprint density at radius 2 is 2.04 bits per heavy atom. The van der Waals surface area contributed by atoms with Crippen molar-refractivity contribution in [3.8, 4) is 0 Å². The molecule has 1 fully saturated rings. The summed E-state index contributed by atoms with van der Waals surface area (Å²) in [4.78, 5) is 37.6. The molecule has 0 unspecified atom stereocenters. The zero-order valence-corrected chi connectivity index (χ0v) is 14.8. The number of nitrogens with two attached hydrogens (primary N) is 1. The molecule has 1 aliphatic heterocycles. The van der Waals surface area contributed by atoms with E-state index < -0.39 is 6.04 Å². The minimum Gasteiger partial charge on any atom is -0.341 e. The Bertz CT molecular complexity index is 798. The van der Waals surface area contributed by atoms with Crippen molar-refractivity contribution in [3.63, 3.8) is 0 Å². The van der Waals surface area contributed by atoms with E-state index in [-0.39, 0.29) is 17.9 Å². The number of carbonyl (C=O) groups excluding carboxylic acids is 2. The predicted molar refractivity (Wildman–Crippen MR) is 93.9 cm³/mol. The molecule has 0 aromatic carbocycles. The van der Waals surface area contributed by atoms with Crippen LogP contribution in [0.2, 0.25) is 0 Å². The fraction of sp³-hybridized carbons (Fsp3) is 0.529. The molecule has 0 aliphatic carbocycles. The molecule has 2 atom stereocenters. The summed E-state index contributed by atoms with van der Waals surface area (Å²) < 4.78 is 1.79. The Labute approximate surface area is 146 Å². The Morgan fingerprint density at radius 1 is 1.32 bits per heavy atom. The van der Waals surface area contributed by atoms with E-state index in [0.717, 1.165) is 0 Å². The van der Waals surface area contributed by atoms with Gasteiger partial charge in [-0.05, 0) is 26.3 Å². The van der Waals surface area contributed by atoms with Crippen molar-refractivity contribution in [1.29, 1.82) is 0 Å². The number of pyridine rings is 1. The zero-order chi connectivity index (χ0) is 18.1. The van der Waals surface area contributed by atoms with E-state index in [2.05, 4.69) is 9.97 Å². The molecule has 2 amide bonds. The van der Waals surface area contributed by atoms with Crippen LogP contribution in [0.1, 0.15) is 30.6 Å². The van der Waals surface area contributed by atoms with Crippen LogP contribution in [0.3, 0.4) is 0 Å². The second kappa shape index (κ2) is 6.79. The Balaban J connectivity index is 1.88. The van der Waals surface area contributed by atoms with Gasteiger partial charge in [0.05, 0.1) is 11.9 Å². The van der Waals surface area contributed by atoms with Crippen molar-refractivity contribution in [1.82, 2.24) is 24.3 Å². The van der Waals surface area contributed by atoms with Gasteiger partial charge in [-0.15, -0.1) is 0 Å². The smallest absolute Gasteiger partial charge is 0.256 e. The maximum absolute atomic E-state index is 13.0. The summed E-state index contributed by atoms with van der Waals surface area (Å²) in [5, 5.41) is 0. The van der Waals surface area contributed by atoms with E-state index in [1.807, 2.05) is 20.9 Å². The third kappa shape index (κ3) is 3.09. The molecule has 3 heterocycles. The second-order valence-corrected chi connectivity index (χ2v) is 6.40. The lowest BCUT2D eigenvalue weighted by Gasteiger charge is -2.28. The van der Waals surface area contributed by atoms with E-state index in [1.165, 1.54) is 6.20 Å². The average molecular weight is 344 g/mol. The highest BCUT2D eigenvalue weighted by Crippen LogP contribution is 2.22. The molecule has 0 spiro atoms. The monoisotopic (exact) mass is 344 g/mol. The van der Waals surface area contributed by atoms with E-state index in [9.17, 15) is 9.59 Å². The summed E-state index contributed by atoms with van der Waals surface area (Å²) in [6, 6.07) is 1.01. The van der Waals surface area contributed by atoms with Crippen molar-refractivity contribution in [3.05, 3.63) is 24.2 Å². The molecular weight excluding hydrogens is 320 g/mol. The second-order valence-electron chi connectivity index (χ2n) is 6.40. The van der Waals surface area contributed by atoms with E-state index in [0.29, 0.717) is 42.8 Å². The number of nitrogens with zero attached hydrogens (tertiary/aromatic N) is 5. The Kier molecular flexibility index (Phi) is 4.71. The third-order valence-corrected chi connectivity index (χ3v) is 4.75. The van der Waals surface area contributed by atoms with Gasteiger partial charge in [0.25, 0.3) is 5.91 Å². The topological polar surface area (TPSA) is 97.3 Å². The third-order valence-electron chi connectivity index (χ3n) is 4.75. The van der Waals surface area contributed by atoms with Gasteiger partial charge >= 0.3 is 0 Å². The molecule has 0 radical (unpaired) electrons. The van der Waals surface area contributed by atoms with E-state index >= 15 is 0 Å². The van der Waals surface area contributed by atoms with E-state index in [4.69, 9.17) is 5.73 Å². The van der Waals surface area contributed by atoms with Crippen molar-refractivity contribution in [2.75, 3.05) is 19.6 Å². The van der Waals surface area contributed by atoms with Crippen LogP contribution < -0.4 is 5.73 Å². The van der Waals surface area contributed by atoms with Crippen LogP contribution >= 0.6 is 0 Å². The summed E-state index contributed by atoms with van der Waals surface area (Å²) in [7, 11) is 1.85. The average Bonchev–Trinajstić information content (AvgIpc) is 3.18. The fourth-order valence-electron chi connectivity index (χ4n) is 3.37. The molecule has 3 rings (SSSR count). The lowest BCUT2D eigenvalue weighted by Crippen LogP contribution is -2.47. The summed E-state index contributed by atoms with van der Waals surface area (Å²) in [6.45, 7) is 5.47. The highest BCUT2D eigenvalue weighted by Gasteiger charge is 2.40. The van der Waals surface area contributed by atoms with Crippen LogP contribution in [-0.2, 0) is 11.8 Å². The number of aryl methyl sites for hydroxylation is 1. The number of likely N-dealkylation sites (N-methyl/N-ethyl adjacent to an activating group) is 1. The number of carbonyl (C=O) groups is 2. The molecule has 1 aliphatic rings. The predicted octanol–water partition coefficient (Wildman–Crippen LogP) is 0.379. The molecule has 1 saturated heterocycles. The first-order chi connectivity index (χ1) is 12.0. The standard InChI is InChI=1S/C17H24N6O2/c1-4-22(5-2)17(25)14-7-12(18)9-23(14)16(24)11-6-13-15(19-8-11)21(3)10-20-13/h6,8,10,12,14H,4-5,7,9,18H2,1-3H3/t12-,14+/m1/s1. The van der Waals surface area contributed by atoms with Crippen LogP contribution in [0.4, 0.5) is 0 Å². The first kappa shape index (κ1) is 17.3. The highest BCUT2D eigenvalue weighted by molar-refractivity contribution is 5.99. The van der Waals surface area contributed by atoms with E-state index in [1.54, 1.807) is 26.8 Å². The van der Waals surface area contributed by atoms with Crippen LogP contribution in [0, 0.1) is 0 Å². The van der Waals surface area contributed by atoms with Gasteiger partial charge in [0.2, 0.25) is 5.91 Å². The summed E-state index contributed by atoms with van der Waals surface area (Å²) >= 11 is 0. The summed E-state index contributed by atoms with van der Waals surface area (Å²) in [6.07, 6.45) is 3.68. The number of imidazole rings is 1. The molecule has 0 bridgehead atoms. The normalized spacial score (nSPS) is 20.2. The number of likely N-dealkylation sites (tertiary alicyclic amines) is 1. The van der Waals surface area contributed by atoms with Crippen molar-refractivity contribution >= 4 is 23.0 Å². The van der Waals surface area contributed by atoms with Gasteiger partial charge < -0.3 is 20.1 Å².